The average Bonchev–Trinajstić information content (AvgIpc) is 2.90. The number of likely N-dealkylation sites (tertiary alicyclic amines) is 2. The molecule has 2 nitrogen and oxygen atoms in total. The predicted octanol–water partition coefficient (Wildman–Crippen LogP) is 2.87. The summed E-state index contributed by atoms with van der Waals surface area (Å²) in [5, 5.41) is 0.828. The SMILES string of the molecule is CN1CCC2(CCN(Cc3ccc(Cl)cc3)C2)C1. The zero-order valence-corrected chi connectivity index (χ0v) is 11.8. The third-order valence-corrected chi connectivity index (χ3v) is 4.72. The molecule has 0 amide bonds. The molecule has 1 aromatic rings. The van der Waals surface area contributed by atoms with E-state index in [1.807, 2.05) is 12.1 Å². The molecule has 3 rings (SSSR count). The molecular formula is C15H21ClN2. The molecule has 18 heavy (non-hydrogen) atoms. The normalized spacial score (nSPS) is 29.4. The van der Waals surface area contributed by atoms with Gasteiger partial charge in [-0.3, -0.25) is 4.90 Å². The molecule has 2 saturated heterocycles. The van der Waals surface area contributed by atoms with Crippen LogP contribution < -0.4 is 0 Å². The lowest BCUT2D eigenvalue weighted by Gasteiger charge is -2.24. The van der Waals surface area contributed by atoms with Crippen molar-refractivity contribution >= 4 is 11.6 Å². The highest BCUT2D eigenvalue weighted by atomic mass is 35.5. The van der Waals surface area contributed by atoms with Crippen LogP contribution in [0.25, 0.3) is 0 Å². The second-order valence-corrected chi connectivity index (χ2v) is 6.51. The van der Waals surface area contributed by atoms with Crippen molar-refractivity contribution in [1.82, 2.24) is 9.80 Å². The van der Waals surface area contributed by atoms with Crippen molar-refractivity contribution in [3.63, 3.8) is 0 Å². The van der Waals surface area contributed by atoms with Crippen molar-refractivity contribution in [3.8, 4) is 0 Å². The van der Waals surface area contributed by atoms with Crippen LogP contribution in [0.4, 0.5) is 0 Å². The van der Waals surface area contributed by atoms with Crippen LogP contribution in [0.1, 0.15) is 18.4 Å². The van der Waals surface area contributed by atoms with E-state index in [4.69, 9.17) is 11.6 Å². The summed E-state index contributed by atoms with van der Waals surface area (Å²) < 4.78 is 0. The van der Waals surface area contributed by atoms with Gasteiger partial charge in [0.2, 0.25) is 0 Å². The molecular weight excluding hydrogens is 244 g/mol. The topological polar surface area (TPSA) is 6.48 Å². The highest BCUT2D eigenvalue weighted by Crippen LogP contribution is 2.39. The van der Waals surface area contributed by atoms with Crippen molar-refractivity contribution in [1.29, 1.82) is 0 Å². The minimum Gasteiger partial charge on any atom is -0.306 e. The van der Waals surface area contributed by atoms with Crippen LogP contribution >= 0.6 is 11.6 Å². The minimum absolute atomic E-state index is 0.584. The number of rotatable bonds is 2. The summed E-state index contributed by atoms with van der Waals surface area (Å²) in [4.78, 5) is 5.08. The molecule has 0 radical (unpaired) electrons. The van der Waals surface area contributed by atoms with Gasteiger partial charge in [-0.2, -0.15) is 0 Å². The Morgan fingerprint density at radius 3 is 2.50 bits per heavy atom. The number of hydrogen-bond acceptors (Lipinski definition) is 2. The fourth-order valence-corrected chi connectivity index (χ4v) is 3.63. The van der Waals surface area contributed by atoms with Crippen LogP contribution in [0.5, 0.6) is 0 Å². The molecule has 1 unspecified atom stereocenters. The summed E-state index contributed by atoms with van der Waals surface area (Å²) in [5.74, 6) is 0. The zero-order valence-electron chi connectivity index (χ0n) is 11.0. The van der Waals surface area contributed by atoms with Gasteiger partial charge in [0.05, 0.1) is 0 Å². The zero-order chi connectivity index (χ0) is 12.6. The first kappa shape index (κ1) is 12.5. The molecule has 3 heteroatoms. The van der Waals surface area contributed by atoms with Crippen LogP contribution in [0.3, 0.4) is 0 Å². The van der Waals surface area contributed by atoms with Crippen molar-refractivity contribution in [3.05, 3.63) is 34.9 Å². The molecule has 0 bridgehead atoms. The maximum absolute atomic E-state index is 5.92. The highest BCUT2D eigenvalue weighted by Gasteiger charge is 2.42. The number of hydrogen-bond donors (Lipinski definition) is 0. The standard InChI is InChI=1S/C15H21ClN2/c1-17-8-6-15(11-17)7-9-18(12-15)10-13-2-4-14(16)5-3-13/h2-5H,6-12H2,1H3. The lowest BCUT2D eigenvalue weighted by Crippen LogP contribution is -2.29. The molecule has 2 fully saturated rings. The summed E-state index contributed by atoms with van der Waals surface area (Å²) in [7, 11) is 2.25. The summed E-state index contributed by atoms with van der Waals surface area (Å²) in [6.07, 6.45) is 2.74. The third kappa shape index (κ3) is 2.56. The molecule has 0 N–H and O–H groups in total. The van der Waals surface area contributed by atoms with E-state index in [0.29, 0.717) is 5.41 Å². The molecule has 0 aromatic heterocycles. The van der Waals surface area contributed by atoms with Gasteiger partial charge in [0.1, 0.15) is 0 Å². The Kier molecular flexibility index (Phi) is 3.35. The van der Waals surface area contributed by atoms with E-state index in [-0.39, 0.29) is 0 Å². The Morgan fingerprint density at radius 1 is 1.11 bits per heavy atom. The molecule has 2 aliphatic rings. The smallest absolute Gasteiger partial charge is 0.0406 e. The van der Waals surface area contributed by atoms with Gasteiger partial charge in [-0.05, 0) is 56.1 Å². The second-order valence-electron chi connectivity index (χ2n) is 6.07. The highest BCUT2D eigenvalue weighted by molar-refractivity contribution is 6.30. The first-order valence-electron chi connectivity index (χ1n) is 6.81. The average molecular weight is 265 g/mol. The van der Waals surface area contributed by atoms with E-state index in [0.717, 1.165) is 11.6 Å². The van der Waals surface area contributed by atoms with E-state index in [1.165, 1.54) is 44.6 Å². The number of benzene rings is 1. The maximum Gasteiger partial charge on any atom is 0.0406 e. The number of halogens is 1. The third-order valence-electron chi connectivity index (χ3n) is 4.47. The fraction of sp³-hybridized carbons (Fsp3) is 0.600. The quantitative estimate of drug-likeness (QED) is 0.811. The summed E-state index contributed by atoms with van der Waals surface area (Å²) >= 11 is 5.92. The van der Waals surface area contributed by atoms with Gasteiger partial charge in [0.25, 0.3) is 0 Å². The lowest BCUT2D eigenvalue weighted by atomic mass is 9.86. The number of nitrogens with zero attached hydrogens (tertiary/aromatic N) is 2. The molecule has 0 aliphatic carbocycles. The van der Waals surface area contributed by atoms with E-state index in [9.17, 15) is 0 Å². The molecule has 2 aliphatic heterocycles. The van der Waals surface area contributed by atoms with E-state index >= 15 is 0 Å². The fourth-order valence-electron chi connectivity index (χ4n) is 3.50. The summed E-state index contributed by atoms with van der Waals surface area (Å²) in [5.41, 5.74) is 1.96. The van der Waals surface area contributed by atoms with Crippen LogP contribution in [-0.2, 0) is 6.54 Å². The van der Waals surface area contributed by atoms with E-state index < -0.39 is 0 Å². The van der Waals surface area contributed by atoms with E-state index in [2.05, 4.69) is 29.0 Å². The minimum atomic E-state index is 0.584. The van der Waals surface area contributed by atoms with Crippen molar-refractivity contribution in [2.75, 3.05) is 33.2 Å². The lowest BCUT2D eigenvalue weighted by molar-refractivity contribution is 0.250. The molecule has 0 saturated carbocycles. The Bertz CT molecular complexity index is 417. The first-order chi connectivity index (χ1) is 8.65. The van der Waals surface area contributed by atoms with Gasteiger partial charge in [0.15, 0.2) is 0 Å². The van der Waals surface area contributed by atoms with Crippen molar-refractivity contribution < 1.29 is 0 Å². The molecule has 2 heterocycles. The largest absolute Gasteiger partial charge is 0.306 e. The maximum atomic E-state index is 5.92. The summed E-state index contributed by atoms with van der Waals surface area (Å²) in [6.45, 7) is 6.14. The van der Waals surface area contributed by atoms with Gasteiger partial charge < -0.3 is 4.90 Å². The molecule has 1 aromatic carbocycles. The summed E-state index contributed by atoms with van der Waals surface area (Å²) in [6, 6.07) is 8.28. The Morgan fingerprint density at radius 2 is 1.83 bits per heavy atom. The van der Waals surface area contributed by atoms with Crippen LogP contribution in [0.15, 0.2) is 24.3 Å². The van der Waals surface area contributed by atoms with Crippen LogP contribution in [-0.4, -0.2) is 43.0 Å². The van der Waals surface area contributed by atoms with Crippen molar-refractivity contribution in [2.24, 2.45) is 5.41 Å². The first-order valence-corrected chi connectivity index (χ1v) is 7.18. The second kappa shape index (κ2) is 4.84. The molecule has 1 spiro atoms. The Balaban J connectivity index is 1.61. The Labute approximate surface area is 115 Å². The van der Waals surface area contributed by atoms with Gasteiger partial charge in [-0.1, -0.05) is 23.7 Å². The van der Waals surface area contributed by atoms with Gasteiger partial charge >= 0.3 is 0 Å². The monoisotopic (exact) mass is 264 g/mol. The van der Waals surface area contributed by atoms with Gasteiger partial charge in [0, 0.05) is 24.7 Å². The molecule has 98 valence electrons. The van der Waals surface area contributed by atoms with Crippen LogP contribution in [0, 0.1) is 5.41 Å². The van der Waals surface area contributed by atoms with E-state index in [1.54, 1.807) is 0 Å². The van der Waals surface area contributed by atoms with Gasteiger partial charge in [-0.15, -0.1) is 0 Å². The molecule has 1 atom stereocenters. The predicted molar refractivity (Wildman–Crippen MR) is 75.9 cm³/mol. The van der Waals surface area contributed by atoms with Crippen molar-refractivity contribution in [2.45, 2.75) is 19.4 Å². The van der Waals surface area contributed by atoms with Gasteiger partial charge in [-0.25, -0.2) is 0 Å². The Hall–Kier alpha value is -0.570. The van der Waals surface area contributed by atoms with Crippen LogP contribution in [0.2, 0.25) is 5.02 Å².